The zero-order valence-electron chi connectivity index (χ0n) is 18.6. The van der Waals surface area contributed by atoms with Crippen LogP contribution in [0.5, 0.6) is 5.75 Å². The van der Waals surface area contributed by atoms with Gasteiger partial charge in [-0.25, -0.2) is 0 Å². The van der Waals surface area contributed by atoms with E-state index < -0.39 is 23.3 Å². The maximum Gasteiger partial charge on any atom is 0.418 e. The van der Waals surface area contributed by atoms with Gasteiger partial charge in [0.05, 0.1) is 18.4 Å². The lowest BCUT2D eigenvalue weighted by atomic mass is 10.1. The minimum atomic E-state index is -4.64. The number of fused-ring (bicyclic) bond motifs is 1. The number of nitrogens with one attached hydrogen (secondary N) is 1. The van der Waals surface area contributed by atoms with Gasteiger partial charge in [-0.15, -0.1) is 0 Å². The van der Waals surface area contributed by atoms with Crippen molar-refractivity contribution in [3.05, 3.63) is 101 Å². The van der Waals surface area contributed by atoms with Crippen molar-refractivity contribution in [3.63, 3.8) is 0 Å². The first kappa shape index (κ1) is 23.6. The number of carbonyl (C=O) groups is 1. The van der Waals surface area contributed by atoms with Crippen LogP contribution in [-0.4, -0.2) is 17.6 Å². The fourth-order valence-electron chi connectivity index (χ4n) is 3.82. The molecule has 1 amide bonds. The Hall–Kier alpha value is -4.51. The predicted octanol–water partition coefficient (Wildman–Crippen LogP) is 6.26. The van der Waals surface area contributed by atoms with Gasteiger partial charge in [-0.1, -0.05) is 42.5 Å². The number of benzene rings is 3. The minimum Gasteiger partial charge on any atom is -0.497 e. The fraction of sp³-hybridized carbons (Fsp3) is 0.111. The number of rotatable bonds is 6. The highest BCUT2D eigenvalue weighted by Gasteiger charge is 2.33. The number of para-hydroxylation sites is 2. The molecule has 0 spiro atoms. The van der Waals surface area contributed by atoms with Crippen LogP contribution in [0.1, 0.15) is 16.7 Å². The molecule has 35 heavy (non-hydrogen) atoms. The Morgan fingerprint density at radius 3 is 2.57 bits per heavy atom. The lowest BCUT2D eigenvalue weighted by Gasteiger charge is -2.13. The average Bonchev–Trinajstić information content (AvgIpc) is 3.19. The van der Waals surface area contributed by atoms with E-state index in [2.05, 4.69) is 5.32 Å². The number of ether oxygens (including phenoxy) is 1. The Bertz CT molecular complexity index is 1460. The lowest BCUT2D eigenvalue weighted by Crippen LogP contribution is -2.17. The van der Waals surface area contributed by atoms with Gasteiger partial charge >= 0.3 is 6.18 Å². The maximum absolute atomic E-state index is 13.3. The molecule has 1 N–H and O–H groups in total. The van der Waals surface area contributed by atoms with Crippen LogP contribution in [0.2, 0.25) is 0 Å². The Morgan fingerprint density at radius 2 is 1.83 bits per heavy atom. The molecular weight excluding hydrogens is 455 g/mol. The third-order valence-corrected chi connectivity index (χ3v) is 5.45. The summed E-state index contributed by atoms with van der Waals surface area (Å²) in [7, 11) is 1.59. The smallest absolute Gasteiger partial charge is 0.418 e. The molecule has 1 aromatic heterocycles. The summed E-state index contributed by atoms with van der Waals surface area (Å²) >= 11 is 0. The van der Waals surface area contributed by atoms with Crippen molar-refractivity contribution in [1.29, 1.82) is 5.26 Å². The molecule has 0 atom stereocenters. The largest absolute Gasteiger partial charge is 0.497 e. The van der Waals surface area contributed by atoms with E-state index >= 15 is 0 Å². The van der Waals surface area contributed by atoms with E-state index in [0.717, 1.165) is 34.3 Å². The van der Waals surface area contributed by atoms with Crippen LogP contribution in [0.25, 0.3) is 17.0 Å². The zero-order chi connectivity index (χ0) is 25.0. The maximum atomic E-state index is 13.3. The third kappa shape index (κ3) is 5.20. The zero-order valence-corrected chi connectivity index (χ0v) is 18.6. The summed E-state index contributed by atoms with van der Waals surface area (Å²) in [5.41, 5.74) is 0.752. The number of carbonyl (C=O) groups excluding carboxylic acids is 1. The molecule has 176 valence electrons. The van der Waals surface area contributed by atoms with Crippen LogP contribution in [-0.2, 0) is 17.5 Å². The Morgan fingerprint density at radius 1 is 1.09 bits per heavy atom. The van der Waals surface area contributed by atoms with Gasteiger partial charge in [-0.05, 0) is 42.0 Å². The predicted molar refractivity (Wildman–Crippen MR) is 128 cm³/mol. The molecule has 8 heteroatoms. The monoisotopic (exact) mass is 475 g/mol. The van der Waals surface area contributed by atoms with Gasteiger partial charge in [0.1, 0.15) is 17.4 Å². The first-order chi connectivity index (χ1) is 16.8. The second-order valence-corrected chi connectivity index (χ2v) is 7.75. The van der Waals surface area contributed by atoms with Crippen molar-refractivity contribution in [2.75, 3.05) is 12.4 Å². The van der Waals surface area contributed by atoms with Gasteiger partial charge in [0, 0.05) is 29.2 Å². The van der Waals surface area contributed by atoms with E-state index in [-0.39, 0.29) is 5.57 Å². The molecule has 5 nitrogen and oxygen atoms in total. The standard InChI is InChI=1S/C27H20F3N3O2/c1-35-21-8-6-7-18(13-21)16-33-17-20(22-9-2-5-12-25(22)33)14-19(15-31)26(34)32-24-11-4-3-10-23(24)27(28,29)30/h2-14,17H,16H2,1H3,(H,32,34). The SMILES string of the molecule is COc1cccc(Cn2cc(C=C(C#N)C(=O)Nc3ccccc3C(F)(F)F)c3ccccc32)c1. The lowest BCUT2D eigenvalue weighted by molar-refractivity contribution is -0.137. The van der Waals surface area contributed by atoms with E-state index in [9.17, 15) is 23.2 Å². The Balaban J connectivity index is 1.68. The molecule has 3 aromatic carbocycles. The first-order valence-corrected chi connectivity index (χ1v) is 10.6. The highest BCUT2D eigenvalue weighted by atomic mass is 19.4. The summed E-state index contributed by atoms with van der Waals surface area (Å²) in [5.74, 6) is -0.199. The number of amides is 1. The van der Waals surface area contributed by atoms with E-state index in [0.29, 0.717) is 12.1 Å². The molecule has 4 aromatic rings. The van der Waals surface area contributed by atoms with E-state index in [1.54, 1.807) is 13.3 Å². The summed E-state index contributed by atoms with van der Waals surface area (Å²) in [6.45, 7) is 0.512. The van der Waals surface area contributed by atoms with Crippen LogP contribution in [0.4, 0.5) is 18.9 Å². The number of methoxy groups -OCH3 is 1. The van der Waals surface area contributed by atoms with Gasteiger partial charge in [-0.3, -0.25) is 4.79 Å². The summed E-state index contributed by atoms with van der Waals surface area (Å²) < 4.78 is 47.1. The molecule has 0 fully saturated rings. The number of hydrogen-bond donors (Lipinski definition) is 1. The molecule has 0 aliphatic rings. The van der Waals surface area contributed by atoms with Crippen LogP contribution >= 0.6 is 0 Å². The molecule has 4 rings (SSSR count). The van der Waals surface area contributed by atoms with E-state index in [1.165, 1.54) is 18.2 Å². The molecule has 0 unspecified atom stereocenters. The van der Waals surface area contributed by atoms with E-state index in [4.69, 9.17) is 4.74 Å². The highest BCUT2D eigenvalue weighted by molar-refractivity contribution is 6.11. The fourth-order valence-corrected chi connectivity index (χ4v) is 3.82. The topological polar surface area (TPSA) is 67.0 Å². The van der Waals surface area contributed by atoms with Crippen molar-refractivity contribution in [3.8, 4) is 11.8 Å². The third-order valence-electron chi connectivity index (χ3n) is 5.45. The van der Waals surface area contributed by atoms with Crippen LogP contribution in [0.3, 0.4) is 0 Å². The Kier molecular flexibility index (Phi) is 6.60. The van der Waals surface area contributed by atoms with Gasteiger partial charge in [0.25, 0.3) is 5.91 Å². The first-order valence-electron chi connectivity index (χ1n) is 10.6. The molecule has 0 aliphatic carbocycles. The van der Waals surface area contributed by atoms with Crippen LogP contribution in [0.15, 0.2) is 84.6 Å². The average molecular weight is 475 g/mol. The molecule has 0 bridgehead atoms. The number of halogens is 3. The van der Waals surface area contributed by atoms with Crippen molar-refractivity contribution in [2.45, 2.75) is 12.7 Å². The quantitative estimate of drug-likeness (QED) is 0.264. The Labute approximate surface area is 199 Å². The summed E-state index contributed by atoms with van der Waals surface area (Å²) in [4.78, 5) is 12.7. The molecule has 0 aliphatic heterocycles. The number of aromatic nitrogens is 1. The molecule has 0 radical (unpaired) electrons. The molecular formula is C27H20F3N3O2. The highest BCUT2D eigenvalue weighted by Crippen LogP contribution is 2.35. The van der Waals surface area contributed by atoms with Gasteiger partial charge in [-0.2, -0.15) is 18.4 Å². The van der Waals surface area contributed by atoms with Gasteiger partial charge < -0.3 is 14.6 Å². The summed E-state index contributed by atoms with van der Waals surface area (Å²) in [5, 5.41) is 12.6. The van der Waals surface area contributed by atoms with Gasteiger partial charge in [0.15, 0.2) is 0 Å². The number of hydrogen-bond acceptors (Lipinski definition) is 3. The number of alkyl halides is 3. The van der Waals surface area contributed by atoms with Crippen molar-refractivity contribution >= 4 is 28.6 Å². The van der Waals surface area contributed by atoms with Crippen LogP contribution in [0, 0.1) is 11.3 Å². The van der Waals surface area contributed by atoms with E-state index in [1.807, 2.05) is 59.2 Å². The van der Waals surface area contributed by atoms with Crippen molar-refractivity contribution in [2.24, 2.45) is 0 Å². The number of nitrogens with zero attached hydrogens (tertiary/aromatic N) is 2. The summed E-state index contributed by atoms with van der Waals surface area (Å²) in [6, 6.07) is 21.5. The van der Waals surface area contributed by atoms with Crippen LogP contribution < -0.4 is 10.1 Å². The normalized spacial score (nSPS) is 11.8. The van der Waals surface area contributed by atoms with Crippen molar-refractivity contribution in [1.82, 2.24) is 4.57 Å². The van der Waals surface area contributed by atoms with Crippen molar-refractivity contribution < 1.29 is 22.7 Å². The number of nitriles is 1. The summed E-state index contributed by atoms with van der Waals surface area (Å²) in [6.07, 6.45) is -1.46. The second-order valence-electron chi connectivity index (χ2n) is 7.75. The minimum absolute atomic E-state index is 0.314. The van der Waals surface area contributed by atoms with Gasteiger partial charge in [0.2, 0.25) is 0 Å². The molecule has 1 heterocycles. The molecule has 0 saturated heterocycles. The second kappa shape index (κ2) is 9.77. The number of anilines is 1. The molecule has 0 saturated carbocycles.